The highest BCUT2D eigenvalue weighted by molar-refractivity contribution is 7.91. The first-order valence-corrected chi connectivity index (χ1v) is 9.95. The Hall–Kier alpha value is -2.55. The van der Waals surface area contributed by atoms with Crippen LogP contribution in [0.25, 0.3) is 11.0 Å². The number of phenolic OH excluding ortho intramolecular Hbond substituents is 1. The molecule has 140 valence electrons. The lowest BCUT2D eigenvalue weighted by Crippen LogP contribution is -2.42. The van der Waals surface area contributed by atoms with Gasteiger partial charge in [0.15, 0.2) is 15.9 Å². The van der Waals surface area contributed by atoms with Crippen LogP contribution in [0.15, 0.2) is 28.9 Å². The van der Waals surface area contributed by atoms with Gasteiger partial charge in [-0.15, -0.1) is 0 Å². The molecule has 1 aromatic heterocycles. The fourth-order valence-electron chi connectivity index (χ4n) is 2.88. The predicted octanol–water partition coefficient (Wildman–Crippen LogP) is 0.916. The topological polar surface area (TPSA) is 123 Å². The number of nitrogens with one attached hydrogen (secondary N) is 1. The van der Waals surface area contributed by atoms with Crippen LogP contribution >= 0.6 is 0 Å². The van der Waals surface area contributed by atoms with Gasteiger partial charge < -0.3 is 19.6 Å². The second-order valence-electron chi connectivity index (χ2n) is 6.36. The third-order valence-corrected chi connectivity index (χ3v) is 6.00. The van der Waals surface area contributed by atoms with E-state index in [0.29, 0.717) is 23.0 Å². The fourth-order valence-corrected chi connectivity index (χ4v) is 4.56. The van der Waals surface area contributed by atoms with Crippen LogP contribution in [0.2, 0.25) is 0 Å². The summed E-state index contributed by atoms with van der Waals surface area (Å²) in [5.74, 6) is -1.12. The fraction of sp³-hybridized carbons (Fsp3) is 0.412. The first-order valence-electron chi connectivity index (χ1n) is 8.13. The Morgan fingerprint density at radius 3 is 2.88 bits per heavy atom. The highest BCUT2D eigenvalue weighted by atomic mass is 32.2. The summed E-state index contributed by atoms with van der Waals surface area (Å²) in [5, 5.41) is 12.7. The predicted molar refractivity (Wildman–Crippen MR) is 92.3 cm³/mol. The molecule has 1 amide bonds. The van der Waals surface area contributed by atoms with E-state index < -0.39 is 33.9 Å². The van der Waals surface area contributed by atoms with Crippen molar-refractivity contribution in [2.24, 2.45) is 0 Å². The van der Waals surface area contributed by atoms with Crippen LogP contribution in [-0.2, 0) is 30.6 Å². The first kappa shape index (κ1) is 18.2. The van der Waals surface area contributed by atoms with Crippen LogP contribution in [0.4, 0.5) is 0 Å². The van der Waals surface area contributed by atoms with E-state index in [1.54, 1.807) is 6.07 Å². The second-order valence-corrected chi connectivity index (χ2v) is 8.59. The maximum Gasteiger partial charge on any atom is 0.311 e. The summed E-state index contributed by atoms with van der Waals surface area (Å²) in [4.78, 5) is 24.2. The summed E-state index contributed by atoms with van der Waals surface area (Å²) >= 11 is 0. The van der Waals surface area contributed by atoms with Gasteiger partial charge >= 0.3 is 5.97 Å². The third kappa shape index (κ3) is 4.16. The number of esters is 1. The average molecular weight is 381 g/mol. The van der Waals surface area contributed by atoms with Crippen molar-refractivity contribution in [3.8, 4) is 5.75 Å². The minimum atomic E-state index is -3.10. The van der Waals surface area contributed by atoms with Gasteiger partial charge in [-0.1, -0.05) is 0 Å². The smallest absolute Gasteiger partial charge is 0.311 e. The largest absolute Gasteiger partial charge is 0.508 e. The zero-order chi connectivity index (χ0) is 18.9. The molecule has 2 heterocycles. The number of fused-ring (bicyclic) bond motifs is 1. The molecule has 8 nitrogen and oxygen atoms in total. The van der Waals surface area contributed by atoms with Crippen molar-refractivity contribution in [1.29, 1.82) is 0 Å². The van der Waals surface area contributed by atoms with E-state index in [2.05, 4.69) is 5.32 Å². The molecule has 3 rings (SSSR count). The standard InChI is InChI=1S/C17H19NO7S/c1-10(17(21)18-12-4-5-26(22,23)9-12)25-16(20)6-11-8-24-15-7-13(19)2-3-14(11)15/h2-3,7-8,10,12,19H,4-6,9H2,1H3,(H,18,21)/t10-,12-/m0/s1. The van der Waals surface area contributed by atoms with Gasteiger partial charge in [-0.2, -0.15) is 0 Å². The molecule has 2 aromatic rings. The van der Waals surface area contributed by atoms with Gasteiger partial charge in [0.25, 0.3) is 5.91 Å². The number of carbonyl (C=O) groups is 2. The maximum atomic E-state index is 12.1. The molecule has 26 heavy (non-hydrogen) atoms. The molecule has 0 spiro atoms. The molecular weight excluding hydrogens is 362 g/mol. The lowest BCUT2D eigenvalue weighted by molar-refractivity contribution is -0.154. The summed E-state index contributed by atoms with van der Waals surface area (Å²) in [6.45, 7) is 1.43. The number of amides is 1. The van der Waals surface area contributed by atoms with Crippen LogP contribution in [0.1, 0.15) is 18.9 Å². The van der Waals surface area contributed by atoms with Gasteiger partial charge in [0, 0.05) is 23.1 Å². The van der Waals surface area contributed by atoms with Crippen LogP contribution in [0.5, 0.6) is 5.75 Å². The Labute approximate surface area is 150 Å². The lowest BCUT2D eigenvalue weighted by Gasteiger charge is -2.16. The third-order valence-electron chi connectivity index (χ3n) is 4.23. The highest BCUT2D eigenvalue weighted by Gasteiger charge is 2.30. The lowest BCUT2D eigenvalue weighted by atomic mass is 10.1. The van der Waals surface area contributed by atoms with E-state index in [4.69, 9.17) is 9.15 Å². The molecule has 2 N–H and O–H groups in total. The van der Waals surface area contributed by atoms with Gasteiger partial charge in [0.2, 0.25) is 0 Å². The molecule has 2 atom stereocenters. The quantitative estimate of drug-likeness (QED) is 0.738. The molecule has 9 heteroatoms. The summed E-state index contributed by atoms with van der Waals surface area (Å²) in [6, 6.07) is 4.11. The molecule has 0 radical (unpaired) electrons. The van der Waals surface area contributed by atoms with Gasteiger partial charge in [0.1, 0.15) is 11.3 Å². The molecule has 1 aromatic carbocycles. The molecule has 1 fully saturated rings. The van der Waals surface area contributed by atoms with E-state index >= 15 is 0 Å². The summed E-state index contributed by atoms with van der Waals surface area (Å²) in [5.41, 5.74) is 1.03. The average Bonchev–Trinajstić information content (AvgIpc) is 3.09. The Kier molecular flexibility index (Phi) is 4.90. The zero-order valence-electron chi connectivity index (χ0n) is 14.1. The Bertz CT molecular complexity index is 947. The summed E-state index contributed by atoms with van der Waals surface area (Å²) in [7, 11) is -3.10. The number of sulfone groups is 1. The number of hydrogen-bond acceptors (Lipinski definition) is 7. The molecule has 0 saturated carbocycles. The number of aromatic hydroxyl groups is 1. The monoisotopic (exact) mass is 381 g/mol. The maximum absolute atomic E-state index is 12.1. The van der Waals surface area contributed by atoms with Crippen molar-refractivity contribution in [2.45, 2.75) is 31.9 Å². The van der Waals surface area contributed by atoms with Crippen LogP contribution in [0, 0.1) is 0 Å². The van der Waals surface area contributed by atoms with Crippen molar-refractivity contribution in [2.75, 3.05) is 11.5 Å². The van der Waals surface area contributed by atoms with Crippen LogP contribution in [0.3, 0.4) is 0 Å². The molecule has 0 aliphatic carbocycles. The number of phenols is 1. The Morgan fingerprint density at radius 1 is 1.42 bits per heavy atom. The molecule has 0 bridgehead atoms. The second kappa shape index (κ2) is 6.99. The summed E-state index contributed by atoms with van der Waals surface area (Å²) < 4.78 is 33.2. The van der Waals surface area contributed by atoms with Crippen molar-refractivity contribution in [3.63, 3.8) is 0 Å². The molecule has 1 aliphatic rings. The van der Waals surface area contributed by atoms with E-state index in [1.807, 2.05) is 0 Å². The Morgan fingerprint density at radius 2 is 2.19 bits per heavy atom. The molecule has 1 aliphatic heterocycles. The SMILES string of the molecule is C[C@H](OC(=O)Cc1coc2cc(O)ccc12)C(=O)N[C@H]1CCS(=O)(=O)C1. The van der Waals surface area contributed by atoms with E-state index in [1.165, 1.54) is 25.3 Å². The zero-order valence-corrected chi connectivity index (χ0v) is 14.9. The van der Waals surface area contributed by atoms with Crippen LogP contribution < -0.4 is 5.32 Å². The van der Waals surface area contributed by atoms with Gasteiger partial charge in [-0.3, -0.25) is 9.59 Å². The molecular formula is C17H19NO7S. The van der Waals surface area contributed by atoms with Crippen molar-refractivity contribution in [3.05, 3.63) is 30.0 Å². The first-order chi connectivity index (χ1) is 12.2. The number of ether oxygens (including phenoxy) is 1. The normalized spacial score (nSPS) is 20.0. The summed E-state index contributed by atoms with van der Waals surface area (Å²) in [6.07, 6.45) is 0.642. The Balaban J connectivity index is 1.56. The van der Waals surface area contributed by atoms with E-state index in [0.717, 1.165) is 0 Å². The molecule has 0 unspecified atom stereocenters. The van der Waals surface area contributed by atoms with Gasteiger partial charge in [-0.05, 0) is 25.5 Å². The highest BCUT2D eigenvalue weighted by Crippen LogP contribution is 2.25. The number of benzene rings is 1. The van der Waals surface area contributed by atoms with Gasteiger partial charge in [0.05, 0.1) is 24.2 Å². The van der Waals surface area contributed by atoms with Gasteiger partial charge in [-0.25, -0.2) is 8.42 Å². The number of rotatable bonds is 5. The van der Waals surface area contributed by atoms with Crippen molar-refractivity contribution in [1.82, 2.24) is 5.32 Å². The number of carbonyl (C=O) groups excluding carboxylic acids is 2. The van der Waals surface area contributed by atoms with Crippen molar-refractivity contribution < 1.29 is 32.3 Å². The minimum Gasteiger partial charge on any atom is -0.508 e. The molecule has 1 saturated heterocycles. The van der Waals surface area contributed by atoms with Crippen LogP contribution in [-0.4, -0.2) is 49.1 Å². The number of hydrogen-bond donors (Lipinski definition) is 2. The van der Waals surface area contributed by atoms with E-state index in [-0.39, 0.29) is 23.7 Å². The number of furan rings is 1. The minimum absolute atomic E-state index is 0.0508. The van der Waals surface area contributed by atoms with Crippen molar-refractivity contribution >= 4 is 32.7 Å². The van der Waals surface area contributed by atoms with E-state index in [9.17, 15) is 23.1 Å².